The average Bonchev–Trinajstić information content (AvgIpc) is 3.08. The fourth-order valence-corrected chi connectivity index (χ4v) is 3.43. The summed E-state index contributed by atoms with van der Waals surface area (Å²) in [4.78, 5) is 9.39. The molecule has 2 aromatic heterocycles. The second-order valence-electron chi connectivity index (χ2n) is 6.11. The number of anilines is 2. The Balaban J connectivity index is 1.97. The van der Waals surface area contributed by atoms with E-state index in [1.165, 1.54) is 0 Å². The highest BCUT2D eigenvalue weighted by atomic mass is 32.1. The van der Waals surface area contributed by atoms with Crippen LogP contribution >= 0.6 is 11.3 Å². The van der Waals surface area contributed by atoms with Crippen molar-refractivity contribution in [3.05, 3.63) is 29.6 Å². The number of methoxy groups -OCH3 is 1. The summed E-state index contributed by atoms with van der Waals surface area (Å²) in [6.45, 7) is 4.77. The van der Waals surface area contributed by atoms with E-state index in [1.54, 1.807) is 18.4 Å². The Hall–Kier alpha value is -2.85. The van der Waals surface area contributed by atoms with Gasteiger partial charge in [-0.25, -0.2) is 9.97 Å². The number of hydrogen-bond acceptors (Lipinski definition) is 7. The molecular formula is C19H21N5OS. The normalized spacial score (nSPS) is 10.7. The highest BCUT2D eigenvalue weighted by Gasteiger charge is 2.12. The van der Waals surface area contributed by atoms with E-state index in [9.17, 15) is 0 Å². The number of fused-ring (bicyclic) bond motifs is 1. The minimum Gasteiger partial charge on any atom is -0.496 e. The number of hydrogen-bond donors (Lipinski definition) is 2. The molecule has 0 bridgehead atoms. The number of aromatic nitrogens is 2. The second-order valence-corrected chi connectivity index (χ2v) is 6.97. The molecule has 6 nitrogen and oxygen atoms in total. The zero-order chi connectivity index (χ0) is 18.5. The summed E-state index contributed by atoms with van der Waals surface area (Å²) < 4.78 is 5.56. The standard InChI is InChI=1S/C19H21N5OS/c1-12(2)22-19-24-17(11-26-19)16-10-18(25-3)14-6-5-13(9-15(14)23-16)21-8-4-7-20/h5-6,9-12,21H,4,8H2,1-3H3,(H,22,24). The fraction of sp³-hybridized carbons (Fsp3) is 0.316. The van der Waals surface area contributed by atoms with Gasteiger partial charge in [0.25, 0.3) is 0 Å². The summed E-state index contributed by atoms with van der Waals surface area (Å²) >= 11 is 1.56. The summed E-state index contributed by atoms with van der Waals surface area (Å²) in [7, 11) is 1.66. The fourth-order valence-electron chi connectivity index (χ4n) is 2.57. The van der Waals surface area contributed by atoms with E-state index in [-0.39, 0.29) is 0 Å². The van der Waals surface area contributed by atoms with Crippen molar-refractivity contribution >= 4 is 33.1 Å². The lowest BCUT2D eigenvalue weighted by Gasteiger charge is -2.10. The number of nitrogens with one attached hydrogen (secondary N) is 2. The predicted molar refractivity (Wildman–Crippen MR) is 107 cm³/mol. The first-order valence-corrected chi connectivity index (χ1v) is 9.30. The van der Waals surface area contributed by atoms with Crippen molar-refractivity contribution in [2.24, 2.45) is 0 Å². The molecule has 7 heteroatoms. The van der Waals surface area contributed by atoms with Gasteiger partial charge in [0, 0.05) is 35.1 Å². The van der Waals surface area contributed by atoms with Crippen molar-refractivity contribution < 1.29 is 4.74 Å². The Morgan fingerprint density at radius 1 is 1.23 bits per heavy atom. The molecule has 2 heterocycles. The third kappa shape index (κ3) is 4.03. The molecule has 0 fully saturated rings. The minimum atomic E-state index is 0.329. The van der Waals surface area contributed by atoms with Gasteiger partial charge < -0.3 is 15.4 Å². The van der Waals surface area contributed by atoms with Gasteiger partial charge in [-0.05, 0) is 32.0 Å². The van der Waals surface area contributed by atoms with E-state index < -0.39 is 0 Å². The van der Waals surface area contributed by atoms with E-state index in [0.717, 1.165) is 38.9 Å². The van der Waals surface area contributed by atoms with Crippen LogP contribution in [0.4, 0.5) is 10.8 Å². The lowest BCUT2D eigenvalue weighted by Crippen LogP contribution is -2.09. The molecule has 0 unspecified atom stereocenters. The van der Waals surface area contributed by atoms with Crippen LogP contribution in [0.5, 0.6) is 5.75 Å². The van der Waals surface area contributed by atoms with Crippen molar-refractivity contribution in [3.63, 3.8) is 0 Å². The number of rotatable bonds is 7. The minimum absolute atomic E-state index is 0.329. The molecule has 0 amide bonds. The molecule has 0 aliphatic heterocycles. The molecule has 2 N–H and O–H groups in total. The second kappa shape index (κ2) is 8.02. The molecular weight excluding hydrogens is 346 g/mol. The van der Waals surface area contributed by atoms with Crippen LogP contribution in [0.3, 0.4) is 0 Å². The van der Waals surface area contributed by atoms with Crippen LogP contribution in [0.2, 0.25) is 0 Å². The first-order valence-electron chi connectivity index (χ1n) is 8.42. The van der Waals surface area contributed by atoms with E-state index >= 15 is 0 Å². The van der Waals surface area contributed by atoms with E-state index in [0.29, 0.717) is 19.0 Å². The Bertz CT molecular complexity index is 945. The van der Waals surface area contributed by atoms with Crippen LogP contribution in [0.25, 0.3) is 22.3 Å². The van der Waals surface area contributed by atoms with Crippen molar-refractivity contribution in [1.82, 2.24) is 9.97 Å². The number of thiazole rings is 1. The number of nitrogens with zero attached hydrogens (tertiary/aromatic N) is 3. The first kappa shape index (κ1) is 18.0. The summed E-state index contributed by atoms with van der Waals surface area (Å²) in [5.41, 5.74) is 3.35. The molecule has 0 spiro atoms. The Morgan fingerprint density at radius 3 is 2.81 bits per heavy atom. The van der Waals surface area contributed by atoms with Crippen molar-refractivity contribution in [1.29, 1.82) is 5.26 Å². The summed E-state index contributed by atoms with van der Waals surface area (Å²) in [5.74, 6) is 0.764. The smallest absolute Gasteiger partial charge is 0.183 e. The Morgan fingerprint density at radius 2 is 2.08 bits per heavy atom. The van der Waals surface area contributed by atoms with Crippen LogP contribution in [0, 0.1) is 11.3 Å². The first-order chi connectivity index (χ1) is 12.6. The van der Waals surface area contributed by atoms with Crippen molar-refractivity contribution in [3.8, 4) is 23.2 Å². The molecule has 0 aliphatic rings. The molecule has 26 heavy (non-hydrogen) atoms. The average molecular weight is 367 g/mol. The van der Waals surface area contributed by atoms with Gasteiger partial charge in [-0.3, -0.25) is 0 Å². The number of nitriles is 1. The van der Waals surface area contributed by atoms with Crippen LogP contribution in [0.15, 0.2) is 29.6 Å². The largest absolute Gasteiger partial charge is 0.496 e. The molecule has 0 saturated carbocycles. The Labute approximate surface area is 156 Å². The molecule has 1 aromatic carbocycles. The van der Waals surface area contributed by atoms with Crippen LogP contribution < -0.4 is 15.4 Å². The summed E-state index contributed by atoms with van der Waals surface area (Å²) in [6.07, 6.45) is 0.458. The van der Waals surface area contributed by atoms with Crippen molar-refractivity contribution in [2.75, 3.05) is 24.3 Å². The molecule has 3 rings (SSSR count). The number of ether oxygens (including phenoxy) is 1. The quantitative estimate of drug-likeness (QED) is 0.598. The molecule has 0 aliphatic carbocycles. The van der Waals surface area contributed by atoms with E-state index in [1.807, 2.05) is 29.6 Å². The zero-order valence-corrected chi connectivity index (χ0v) is 15.9. The number of benzene rings is 1. The maximum absolute atomic E-state index is 8.67. The lowest BCUT2D eigenvalue weighted by atomic mass is 10.1. The van der Waals surface area contributed by atoms with Crippen LogP contribution in [0.1, 0.15) is 20.3 Å². The van der Waals surface area contributed by atoms with Crippen molar-refractivity contribution in [2.45, 2.75) is 26.3 Å². The topological polar surface area (TPSA) is 82.9 Å². The molecule has 134 valence electrons. The number of pyridine rings is 1. The molecule has 0 atom stereocenters. The monoisotopic (exact) mass is 367 g/mol. The van der Waals surface area contributed by atoms with E-state index in [4.69, 9.17) is 15.0 Å². The third-order valence-corrected chi connectivity index (χ3v) is 4.51. The van der Waals surface area contributed by atoms with Crippen LogP contribution in [-0.4, -0.2) is 29.7 Å². The van der Waals surface area contributed by atoms with Gasteiger partial charge in [0.05, 0.1) is 30.8 Å². The van der Waals surface area contributed by atoms with Gasteiger partial charge in [0.15, 0.2) is 5.13 Å². The third-order valence-electron chi connectivity index (χ3n) is 3.74. The maximum atomic E-state index is 8.67. The summed E-state index contributed by atoms with van der Waals surface area (Å²) in [6, 6.07) is 10.3. The van der Waals surface area contributed by atoms with Gasteiger partial charge in [-0.15, -0.1) is 11.3 Å². The van der Waals surface area contributed by atoms with Gasteiger partial charge in [0.1, 0.15) is 11.4 Å². The van der Waals surface area contributed by atoms with Gasteiger partial charge in [0.2, 0.25) is 0 Å². The highest BCUT2D eigenvalue weighted by Crippen LogP contribution is 2.32. The van der Waals surface area contributed by atoms with Gasteiger partial charge in [-0.2, -0.15) is 5.26 Å². The SMILES string of the molecule is COc1cc(-c2csc(NC(C)C)n2)nc2cc(NCCC#N)ccc12. The van der Waals surface area contributed by atoms with Gasteiger partial charge in [-0.1, -0.05) is 0 Å². The zero-order valence-electron chi connectivity index (χ0n) is 15.0. The lowest BCUT2D eigenvalue weighted by molar-refractivity contribution is 0.419. The van der Waals surface area contributed by atoms with Crippen LogP contribution in [-0.2, 0) is 0 Å². The maximum Gasteiger partial charge on any atom is 0.183 e. The Kier molecular flexibility index (Phi) is 5.54. The predicted octanol–water partition coefficient (Wildman–Crippen LogP) is 4.51. The van der Waals surface area contributed by atoms with E-state index in [2.05, 4.69) is 35.5 Å². The molecule has 0 radical (unpaired) electrons. The highest BCUT2D eigenvalue weighted by molar-refractivity contribution is 7.14. The molecule has 0 saturated heterocycles. The molecule has 3 aromatic rings. The van der Waals surface area contributed by atoms with Gasteiger partial charge >= 0.3 is 0 Å². The summed E-state index contributed by atoms with van der Waals surface area (Å²) in [5, 5.41) is 19.0.